The van der Waals surface area contributed by atoms with Gasteiger partial charge < -0.3 is 25.2 Å². The first-order valence-electron chi connectivity index (χ1n) is 11.5. The number of aliphatic carboxylic acids is 1. The highest BCUT2D eigenvalue weighted by Crippen LogP contribution is 2.44. The summed E-state index contributed by atoms with van der Waals surface area (Å²) >= 11 is 0. The summed E-state index contributed by atoms with van der Waals surface area (Å²) in [6.07, 6.45) is -0.452. The van der Waals surface area contributed by atoms with Gasteiger partial charge in [0.05, 0.1) is 6.10 Å². The van der Waals surface area contributed by atoms with Crippen LogP contribution in [0.5, 0.6) is 0 Å². The zero-order valence-corrected chi connectivity index (χ0v) is 19.7. The lowest BCUT2D eigenvalue weighted by Crippen LogP contribution is -2.48. The van der Waals surface area contributed by atoms with Crippen molar-refractivity contribution < 1.29 is 29.0 Å². The average molecular weight is 469 g/mol. The summed E-state index contributed by atoms with van der Waals surface area (Å²) in [4.78, 5) is 35.8. The normalized spacial score (nSPS) is 14.9. The number of carboxylic acids is 1. The topological polar surface area (TPSA) is 114 Å². The van der Waals surface area contributed by atoms with Crippen molar-refractivity contribution in [3.8, 4) is 11.1 Å². The van der Waals surface area contributed by atoms with E-state index in [1.54, 1.807) is 6.92 Å². The minimum atomic E-state index is -1.15. The van der Waals surface area contributed by atoms with Crippen LogP contribution >= 0.6 is 0 Å². The van der Waals surface area contributed by atoms with E-state index < -0.39 is 24.2 Å². The molecule has 2 aromatic carbocycles. The number of carbonyl (C=O) groups is 3. The Morgan fingerprint density at radius 1 is 1.00 bits per heavy atom. The molecule has 3 N–H and O–H groups in total. The molecule has 3 atom stereocenters. The van der Waals surface area contributed by atoms with Crippen LogP contribution in [0.15, 0.2) is 48.5 Å². The Morgan fingerprint density at radius 3 is 2.15 bits per heavy atom. The molecule has 3 unspecified atom stereocenters. The van der Waals surface area contributed by atoms with Gasteiger partial charge in [0, 0.05) is 26.0 Å². The van der Waals surface area contributed by atoms with Gasteiger partial charge in [-0.3, -0.25) is 4.79 Å². The van der Waals surface area contributed by atoms with Gasteiger partial charge in [0.1, 0.15) is 6.61 Å². The molecule has 0 heterocycles. The third-order valence-electron chi connectivity index (χ3n) is 6.21. The Morgan fingerprint density at radius 2 is 1.59 bits per heavy atom. The van der Waals surface area contributed by atoms with Gasteiger partial charge in [-0.1, -0.05) is 55.5 Å². The van der Waals surface area contributed by atoms with Gasteiger partial charge in [-0.15, -0.1) is 0 Å². The van der Waals surface area contributed by atoms with Crippen LogP contribution in [0.4, 0.5) is 4.79 Å². The minimum absolute atomic E-state index is 0.00237. The predicted octanol–water partition coefficient (Wildman–Crippen LogP) is 3.55. The smallest absolute Gasteiger partial charge is 0.407 e. The number of fused-ring (bicyclic) bond motifs is 3. The summed E-state index contributed by atoms with van der Waals surface area (Å²) in [5.41, 5.74) is 4.64. The van der Waals surface area contributed by atoms with Gasteiger partial charge >= 0.3 is 12.1 Å². The lowest BCUT2D eigenvalue weighted by molar-refractivity contribution is -0.145. The Balaban J connectivity index is 1.42. The monoisotopic (exact) mass is 468 g/mol. The molecule has 1 aliphatic rings. The van der Waals surface area contributed by atoms with E-state index in [9.17, 15) is 19.5 Å². The third-order valence-corrected chi connectivity index (χ3v) is 6.21. The lowest BCUT2D eigenvalue weighted by Gasteiger charge is -2.21. The summed E-state index contributed by atoms with van der Waals surface area (Å²) in [6, 6.07) is 15.2. The third kappa shape index (κ3) is 6.14. The highest BCUT2D eigenvalue weighted by molar-refractivity contribution is 5.84. The Kier molecular flexibility index (Phi) is 8.65. The molecule has 182 valence electrons. The number of carboxylic acid groups (broad SMARTS) is 1. The summed E-state index contributed by atoms with van der Waals surface area (Å²) in [6.45, 7) is 4.04. The quantitative estimate of drug-likeness (QED) is 0.465. The molecule has 0 bridgehead atoms. The van der Waals surface area contributed by atoms with Crippen LogP contribution < -0.4 is 10.6 Å². The lowest BCUT2D eigenvalue weighted by atomic mass is 9.98. The second-order valence-electron chi connectivity index (χ2n) is 8.67. The van der Waals surface area contributed by atoms with Crippen molar-refractivity contribution in [2.24, 2.45) is 5.92 Å². The van der Waals surface area contributed by atoms with E-state index in [0.29, 0.717) is 13.0 Å². The molecule has 2 amide bonds. The molecule has 0 aromatic heterocycles. The number of amides is 2. The second-order valence-corrected chi connectivity index (χ2v) is 8.67. The van der Waals surface area contributed by atoms with E-state index in [-0.39, 0.29) is 30.8 Å². The van der Waals surface area contributed by atoms with Crippen molar-refractivity contribution in [2.75, 3.05) is 20.3 Å². The molecule has 0 aliphatic heterocycles. The Hall–Kier alpha value is -3.39. The molecule has 0 radical (unpaired) electrons. The van der Waals surface area contributed by atoms with E-state index in [1.165, 1.54) is 18.2 Å². The van der Waals surface area contributed by atoms with Crippen LogP contribution in [0, 0.1) is 5.92 Å². The number of hydrogen-bond acceptors (Lipinski definition) is 5. The molecule has 3 rings (SSSR count). The van der Waals surface area contributed by atoms with Crippen molar-refractivity contribution in [3.63, 3.8) is 0 Å². The first kappa shape index (κ1) is 25.2. The molecule has 1 aliphatic carbocycles. The van der Waals surface area contributed by atoms with E-state index in [1.807, 2.05) is 31.2 Å². The summed E-state index contributed by atoms with van der Waals surface area (Å²) < 4.78 is 10.5. The molecule has 0 fully saturated rings. The maximum atomic E-state index is 12.3. The minimum Gasteiger partial charge on any atom is -0.480 e. The summed E-state index contributed by atoms with van der Waals surface area (Å²) in [7, 11) is 1.39. The summed E-state index contributed by atoms with van der Waals surface area (Å²) in [5, 5.41) is 14.5. The van der Waals surface area contributed by atoms with E-state index in [0.717, 1.165) is 11.1 Å². The van der Waals surface area contributed by atoms with Crippen molar-refractivity contribution in [3.05, 3.63) is 59.7 Å². The van der Waals surface area contributed by atoms with Crippen LogP contribution in [-0.4, -0.2) is 55.5 Å². The maximum Gasteiger partial charge on any atom is 0.407 e. The average Bonchev–Trinajstić information content (AvgIpc) is 3.14. The fourth-order valence-electron chi connectivity index (χ4n) is 4.24. The van der Waals surface area contributed by atoms with Crippen LogP contribution in [-0.2, 0) is 19.1 Å². The van der Waals surface area contributed by atoms with Gasteiger partial charge in [-0.25, -0.2) is 9.59 Å². The number of alkyl carbamates (subject to hydrolysis) is 1. The highest BCUT2D eigenvalue weighted by atomic mass is 16.5. The molecule has 0 saturated carbocycles. The first-order chi connectivity index (χ1) is 16.3. The number of benzene rings is 2. The molecule has 8 heteroatoms. The molecular formula is C26H32N2O6. The van der Waals surface area contributed by atoms with Crippen molar-refractivity contribution in [1.82, 2.24) is 10.6 Å². The van der Waals surface area contributed by atoms with E-state index >= 15 is 0 Å². The van der Waals surface area contributed by atoms with Crippen LogP contribution in [0.2, 0.25) is 0 Å². The standard InChI is InChI=1S/C26H32N2O6/c1-16(14-23(29)28-24(25(30)31)17(2)33-3)12-13-27-26(32)34-15-22-20-10-6-4-8-18(20)19-9-5-7-11-21(19)22/h4-11,16-17,22,24H,12-15H2,1-3H3,(H,27,32)(H,28,29)(H,30,31). The number of nitrogens with one attached hydrogen (secondary N) is 2. The van der Waals surface area contributed by atoms with Crippen LogP contribution in [0.1, 0.15) is 43.7 Å². The number of carbonyl (C=O) groups excluding carboxylic acids is 2. The van der Waals surface area contributed by atoms with Crippen molar-refractivity contribution in [2.45, 2.75) is 44.8 Å². The van der Waals surface area contributed by atoms with Crippen molar-refractivity contribution in [1.29, 1.82) is 0 Å². The predicted molar refractivity (Wildman–Crippen MR) is 128 cm³/mol. The zero-order valence-electron chi connectivity index (χ0n) is 19.7. The number of hydrogen-bond donors (Lipinski definition) is 3. The summed E-state index contributed by atoms with van der Waals surface area (Å²) in [5.74, 6) is -1.57. The Bertz CT molecular complexity index is 978. The largest absolute Gasteiger partial charge is 0.480 e. The number of rotatable bonds is 11. The molecule has 2 aromatic rings. The molecule has 34 heavy (non-hydrogen) atoms. The molecular weight excluding hydrogens is 436 g/mol. The fraction of sp³-hybridized carbons (Fsp3) is 0.423. The van der Waals surface area contributed by atoms with Gasteiger partial charge in [0.25, 0.3) is 0 Å². The van der Waals surface area contributed by atoms with Gasteiger partial charge in [0.2, 0.25) is 5.91 Å². The van der Waals surface area contributed by atoms with Crippen molar-refractivity contribution >= 4 is 18.0 Å². The van der Waals surface area contributed by atoms with Crippen LogP contribution in [0.3, 0.4) is 0 Å². The Labute approximate surface area is 199 Å². The molecule has 0 spiro atoms. The zero-order chi connectivity index (χ0) is 24.7. The fourth-order valence-corrected chi connectivity index (χ4v) is 4.24. The second kappa shape index (κ2) is 11.7. The molecule has 8 nitrogen and oxygen atoms in total. The van der Waals surface area contributed by atoms with Crippen LogP contribution in [0.25, 0.3) is 11.1 Å². The first-order valence-corrected chi connectivity index (χ1v) is 11.5. The number of methoxy groups -OCH3 is 1. The van der Waals surface area contributed by atoms with E-state index in [2.05, 4.69) is 34.9 Å². The van der Waals surface area contributed by atoms with E-state index in [4.69, 9.17) is 9.47 Å². The number of ether oxygens (including phenoxy) is 2. The van der Waals surface area contributed by atoms with Gasteiger partial charge in [-0.05, 0) is 41.5 Å². The van der Waals surface area contributed by atoms with Gasteiger partial charge in [-0.2, -0.15) is 0 Å². The molecule has 0 saturated heterocycles. The van der Waals surface area contributed by atoms with Gasteiger partial charge in [0.15, 0.2) is 6.04 Å². The highest BCUT2D eigenvalue weighted by Gasteiger charge is 2.29. The SMILES string of the molecule is COC(C)C(NC(=O)CC(C)CCNC(=O)OCC1c2ccccc2-c2ccccc21)C(=O)O. The maximum absolute atomic E-state index is 12.3.